The first-order valence-electron chi connectivity index (χ1n) is 4.02. The number of nitrogens with zero attached hydrogens (tertiary/aromatic N) is 2. The Morgan fingerprint density at radius 3 is 2.71 bits per heavy atom. The lowest BCUT2D eigenvalue weighted by molar-refractivity contribution is -0.137. The van der Waals surface area contributed by atoms with Crippen LogP contribution in [0.2, 0.25) is 5.15 Å². The number of hydrogen-bond donors (Lipinski definition) is 2. The summed E-state index contributed by atoms with van der Waals surface area (Å²) in [5.74, 6) is -1.21. The molecule has 1 unspecified atom stereocenters. The summed E-state index contributed by atoms with van der Waals surface area (Å²) in [6.07, 6.45) is 2.77. The Morgan fingerprint density at radius 2 is 2.29 bits per heavy atom. The highest BCUT2D eigenvalue weighted by Crippen LogP contribution is 2.15. The molecule has 0 aromatic carbocycles. The molecule has 1 aromatic heterocycles. The average molecular weight is 216 g/mol. The van der Waals surface area contributed by atoms with E-state index in [-0.39, 0.29) is 24.0 Å². The summed E-state index contributed by atoms with van der Waals surface area (Å²) in [5.41, 5.74) is 5.98. The lowest BCUT2D eigenvalue weighted by Crippen LogP contribution is -2.17. The fourth-order valence-electron chi connectivity index (χ4n) is 1.05. The lowest BCUT2D eigenvalue weighted by atomic mass is 10.0. The summed E-state index contributed by atoms with van der Waals surface area (Å²) in [7, 11) is 0. The normalized spacial score (nSPS) is 12.4. The van der Waals surface area contributed by atoms with E-state index in [1.807, 2.05) is 0 Å². The topological polar surface area (TPSA) is 89.1 Å². The zero-order valence-electron chi connectivity index (χ0n) is 7.35. The van der Waals surface area contributed by atoms with Crippen molar-refractivity contribution in [3.63, 3.8) is 0 Å². The second-order valence-electron chi connectivity index (χ2n) is 2.79. The molecule has 0 amide bonds. The Morgan fingerprint density at radius 1 is 1.57 bits per heavy atom. The number of aliphatic carboxylic acids is 1. The minimum atomic E-state index is -0.905. The first kappa shape index (κ1) is 10.9. The molecule has 0 bridgehead atoms. The van der Waals surface area contributed by atoms with Gasteiger partial charge in [0.15, 0.2) is 0 Å². The number of rotatable bonds is 4. The second-order valence-corrected chi connectivity index (χ2v) is 3.18. The van der Waals surface area contributed by atoms with Gasteiger partial charge in [-0.2, -0.15) is 0 Å². The van der Waals surface area contributed by atoms with Crippen LogP contribution in [-0.2, 0) is 4.79 Å². The van der Waals surface area contributed by atoms with E-state index in [4.69, 9.17) is 22.4 Å². The largest absolute Gasteiger partial charge is 0.481 e. The number of aromatic nitrogens is 2. The predicted molar refractivity (Wildman–Crippen MR) is 51.1 cm³/mol. The maximum absolute atomic E-state index is 10.5. The van der Waals surface area contributed by atoms with Gasteiger partial charge in [0.05, 0.1) is 24.5 Å². The van der Waals surface area contributed by atoms with E-state index in [1.54, 1.807) is 0 Å². The van der Waals surface area contributed by atoms with Gasteiger partial charge >= 0.3 is 5.97 Å². The van der Waals surface area contributed by atoms with Gasteiger partial charge in [0.25, 0.3) is 0 Å². The maximum atomic E-state index is 10.5. The van der Waals surface area contributed by atoms with Crippen LogP contribution in [0.4, 0.5) is 0 Å². The van der Waals surface area contributed by atoms with Crippen molar-refractivity contribution in [3.8, 4) is 0 Å². The highest BCUT2D eigenvalue weighted by molar-refractivity contribution is 6.29. The van der Waals surface area contributed by atoms with Crippen LogP contribution >= 0.6 is 11.6 Å². The fraction of sp³-hybridized carbons (Fsp3) is 0.375. The van der Waals surface area contributed by atoms with Gasteiger partial charge in [0.1, 0.15) is 5.15 Å². The molecule has 0 radical (unpaired) electrons. The third-order valence-corrected chi connectivity index (χ3v) is 1.96. The van der Waals surface area contributed by atoms with Crippen LogP contribution < -0.4 is 5.73 Å². The molecule has 76 valence electrons. The van der Waals surface area contributed by atoms with Gasteiger partial charge in [0.2, 0.25) is 0 Å². The highest BCUT2D eigenvalue weighted by atomic mass is 35.5. The van der Waals surface area contributed by atoms with Crippen molar-refractivity contribution in [2.45, 2.75) is 12.3 Å². The molecule has 6 heteroatoms. The van der Waals surface area contributed by atoms with E-state index in [1.165, 1.54) is 12.4 Å². The zero-order chi connectivity index (χ0) is 10.6. The molecular formula is C8H10ClN3O2. The first-order valence-corrected chi connectivity index (χ1v) is 4.40. The maximum Gasteiger partial charge on any atom is 0.304 e. The van der Waals surface area contributed by atoms with Crippen molar-refractivity contribution < 1.29 is 9.90 Å². The SMILES string of the molecule is NCC(CC(=O)O)c1cnc(Cl)cn1. The fourth-order valence-corrected chi connectivity index (χ4v) is 1.15. The quantitative estimate of drug-likeness (QED) is 0.770. The molecule has 1 heterocycles. The van der Waals surface area contributed by atoms with Gasteiger partial charge in [-0.1, -0.05) is 11.6 Å². The van der Waals surface area contributed by atoms with E-state index in [0.29, 0.717) is 5.69 Å². The molecule has 1 atom stereocenters. The lowest BCUT2D eigenvalue weighted by Gasteiger charge is -2.10. The third kappa shape index (κ3) is 2.93. The Bertz CT molecular complexity index is 315. The van der Waals surface area contributed by atoms with E-state index in [0.717, 1.165) is 0 Å². The molecule has 1 aromatic rings. The Kier molecular flexibility index (Phi) is 3.79. The van der Waals surface area contributed by atoms with Crippen LogP contribution in [0.3, 0.4) is 0 Å². The number of carboxylic acid groups (broad SMARTS) is 1. The highest BCUT2D eigenvalue weighted by Gasteiger charge is 2.15. The second kappa shape index (κ2) is 4.88. The molecule has 0 spiro atoms. The molecule has 14 heavy (non-hydrogen) atoms. The molecule has 0 saturated carbocycles. The Labute approximate surface area is 85.9 Å². The zero-order valence-corrected chi connectivity index (χ0v) is 8.11. The van der Waals surface area contributed by atoms with Crippen LogP contribution in [0, 0.1) is 0 Å². The van der Waals surface area contributed by atoms with E-state index in [9.17, 15) is 4.79 Å². The Balaban J connectivity index is 2.78. The summed E-state index contributed by atoms with van der Waals surface area (Å²) in [6.45, 7) is 0.225. The van der Waals surface area contributed by atoms with Crippen molar-refractivity contribution >= 4 is 17.6 Å². The van der Waals surface area contributed by atoms with Crippen molar-refractivity contribution in [1.82, 2.24) is 9.97 Å². The number of carbonyl (C=O) groups is 1. The van der Waals surface area contributed by atoms with Crippen LogP contribution in [-0.4, -0.2) is 27.6 Å². The third-order valence-electron chi connectivity index (χ3n) is 1.76. The Hall–Kier alpha value is -1.20. The van der Waals surface area contributed by atoms with Gasteiger partial charge in [0, 0.05) is 12.5 Å². The summed E-state index contributed by atoms with van der Waals surface area (Å²) >= 11 is 5.54. The van der Waals surface area contributed by atoms with Crippen molar-refractivity contribution in [1.29, 1.82) is 0 Å². The predicted octanol–water partition coefficient (Wildman–Crippen LogP) is 0.647. The van der Waals surface area contributed by atoms with Gasteiger partial charge in [-0.25, -0.2) is 4.98 Å². The standard InChI is InChI=1S/C8H10ClN3O2/c9-7-4-11-6(3-12-7)5(2-10)1-8(13)14/h3-5H,1-2,10H2,(H,13,14). The number of carboxylic acids is 1. The summed E-state index contributed by atoms with van der Waals surface area (Å²) in [4.78, 5) is 18.3. The smallest absolute Gasteiger partial charge is 0.304 e. The molecular weight excluding hydrogens is 206 g/mol. The number of hydrogen-bond acceptors (Lipinski definition) is 4. The van der Waals surface area contributed by atoms with E-state index in [2.05, 4.69) is 9.97 Å². The van der Waals surface area contributed by atoms with E-state index >= 15 is 0 Å². The van der Waals surface area contributed by atoms with Gasteiger partial charge in [-0.05, 0) is 0 Å². The molecule has 3 N–H and O–H groups in total. The van der Waals surface area contributed by atoms with Crippen molar-refractivity contribution in [3.05, 3.63) is 23.2 Å². The van der Waals surface area contributed by atoms with Gasteiger partial charge in [-0.3, -0.25) is 9.78 Å². The van der Waals surface area contributed by atoms with Gasteiger partial charge in [-0.15, -0.1) is 0 Å². The van der Waals surface area contributed by atoms with E-state index < -0.39 is 5.97 Å². The molecule has 1 rings (SSSR count). The van der Waals surface area contributed by atoms with Crippen LogP contribution in [0.5, 0.6) is 0 Å². The monoisotopic (exact) mass is 215 g/mol. The summed E-state index contributed by atoms with van der Waals surface area (Å²) in [5, 5.41) is 8.88. The number of halogens is 1. The molecule has 0 aliphatic rings. The molecule has 0 fully saturated rings. The minimum absolute atomic E-state index is 0.0488. The molecule has 0 aliphatic carbocycles. The van der Waals surface area contributed by atoms with Gasteiger partial charge < -0.3 is 10.8 Å². The minimum Gasteiger partial charge on any atom is -0.481 e. The molecule has 0 saturated heterocycles. The first-order chi connectivity index (χ1) is 6.63. The summed E-state index contributed by atoms with van der Waals surface area (Å²) < 4.78 is 0. The van der Waals surface area contributed by atoms with Crippen LogP contribution in [0.25, 0.3) is 0 Å². The van der Waals surface area contributed by atoms with Crippen LogP contribution in [0.1, 0.15) is 18.0 Å². The molecule has 0 aliphatic heterocycles. The summed E-state index contributed by atoms with van der Waals surface area (Å²) in [6, 6.07) is 0. The van der Waals surface area contributed by atoms with Crippen molar-refractivity contribution in [2.24, 2.45) is 5.73 Å². The average Bonchev–Trinajstić information content (AvgIpc) is 2.15. The number of nitrogens with two attached hydrogens (primary N) is 1. The molecule has 5 nitrogen and oxygen atoms in total. The van der Waals surface area contributed by atoms with Crippen LogP contribution in [0.15, 0.2) is 12.4 Å². The van der Waals surface area contributed by atoms with Crippen molar-refractivity contribution in [2.75, 3.05) is 6.54 Å².